The zero-order chi connectivity index (χ0) is 19.8. The fourth-order valence-electron chi connectivity index (χ4n) is 2.87. The van der Waals surface area contributed by atoms with Gasteiger partial charge in [-0.25, -0.2) is 8.42 Å². The van der Waals surface area contributed by atoms with Gasteiger partial charge in [0.1, 0.15) is 0 Å². The molecular weight excluding hydrogens is 409 g/mol. The molecule has 1 heterocycles. The van der Waals surface area contributed by atoms with Crippen LogP contribution in [0.25, 0.3) is 0 Å². The SMILES string of the molecule is CN(C)c1cc(Cl)cc(NC(=O)c2cc(N3CCCS3(=O)=O)ccc2Cl)c1. The smallest absolute Gasteiger partial charge is 0.257 e. The molecule has 3 rings (SSSR count). The van der Waals surface area contributed by atoms with Crippen LogP contribution in [0.5, 0.6) is 0 Å². The summed E-state index contributed by atoms with van der Waals surface area (Å²) in [6.45, 7) is 0.394. The number of carbonyl (C=O) groups is 1. The Kier molecular flexibility index (Phi) is 5.55. The van der Waals surface area contributed by atoms with Crippen LogP contribution >= 0.6 is 23.2 Å². The molecule has 1 fully saturated rings. The zero-order valence-electron chi connectivity index (χ0n) is 14.9. The lowest BCUT2D eigenvalue weighted by atomic mass is 10.1. The van der Waals surface area contributed by atoms with Gasteiger partial charge in [0.25, 0.3) is 5.91 Å². The number of rotatable bonds is 4. The van der Waals surface area contributed by atoms with E-state index in [1.807, 2.05) is 19.0 Å². The number of hydrogen-bond acceptors (Lipinski definition) is 4. The van der Waals surface area contributed by atoms with Crippen LogP contribution in [0.4, 0.5) is 17.1 Å². The predicted octanol–water partition coefficient (Wildman–Crippen LogP) is 3.85. The lowest BCUT2D eigenvalue weighted by Crippen LogP contribution is -2.25. The van der Waals surface area contributed by atoms with Gasteiger partial charge in [-0.2, -0.15) is 0 Å². The molecule has 1 saturated heterocycles. The lowest BCUT2D eigenvalue weighted by Gasteiger charge is -2.18. The van der Waals surface area contributed by atoms with E-state index in [-0.39, 0.29) is 16.3 Å². The van der Waals surface area contributed by atoms with Gasteiger partial charge in [0.15, 0.2) is 0 Å². The lowest BCUT2D eigenvalue weighted by molar-refractivity contribution is 0.102. The van der Waals surface area contributed by atoms with Crippen molar-refractivity contribution in [3.8, 4) is 0 Å². The maximum Gasteiger partial charge on any atom is 0.257 e. The topological polar surface area (TPSA) is 69.7 Å². The Morgan fingerprint density at radius 1 is 1.15 bits per heavy atom. The van der Waals surface area contributed by atoms with Crippen molar-refractivity contribution in [2.24, 2.45) is 0 Å². The molecule has 2 aromatic carbocycles. The first-order valence-electron chi connectivity index (χ1n) is 8.26. The average molecular weight is 428 g/mol. The summed E-state index contributed by atoms with van der Waals surface area (Å²) in [6.07, 6.45) is 0.558. The van der Waals surface area contributed by atoms with Crippen LogP contribution in [0.3, 0.4) is 0 Å². The van der Waals surface area contributed by atoms with Crippen molar-refractivity contribution in [3.63, 3.8) is 0 Å². The molecule has 2 aromatic rings. The molecule has 9 heteroatoms. The molecule has 0 unspecified atom stereocenters. The first-order valence-corrected chi connectivity index (χ1v) is 10.6. The minimum atomic E-state index is -3.34. The molecule has 0 spiro atoms. The molecule has 0 aromatic heterocycles. The summed E-state index contributed by atoms with van der Waals surface area (Å²) in [5.41, 5.74) is 1.98. The molecule has 1 amide bonds. The molecule has 144 valence electrons. The number of carbonyl (C=O) groups excluding carboxylic acids is 1. The molecule has 0 aliphatic carbocycles. The van der Waals surface area contributed by atoms with E-state index in [1.54, 1.807) is 24.3 Å². The monoisotopic (exact) mass is 427 g/mol. The quantitative estimate of drug-likeness (QED) is 0.803. The van der Waals surface area contributed by atoms with Crippen molar-refractivity contribution in [1.82, 2.24) is 0 Å². The molecular formula is C18H19Cl2N3O3S. The van der Waals surface area contributed by atoms with Crippen LogP contribution in [0, 0.1) is 0 Å². The summed E-state index contributed by atoms with van der Waals surface area (Å²) in [5.74, 6) is -0.335. The van der Waals surface area contributed by atoms with Gasteiger partial charge < -0.3 is 10.2 Å². The summed E-state index contributed by atoms with van der Waals surface area (Å²) in [5, 5.41) is 3.50. The molecule has 27 heavy (non-hydrogen) atoms. The third-order valence-electron chi connectivity index (χ3n) is 4.24. The van der Waals surface area contributed by atoms with Gasteiger partial charge in [0.05, 0.1) is 22.0 Å². The number of hydrogen-bond donors (Lipinski definition) is 1. The van der Waals surface area contributed by atoms with Gasteiger partial charge in [0.2, 0.25) is 10.0 Å². The van der Waals surface area contributed by atoms with Crippen LogP contribution in [-0.4, -0.2) is 40.7 Å². The molecule has 0 atom stereocenters. The molecule has 0 saturated carbocycles. The maximum absolute atomic E-state index is 12.7. The normalized spacial score (nSPS) is 15.6. The van der Waals surface area contributed by atoms with E-state index in [1.165, 1.54) is 16.4 Å². The fourth-order valence-corrected chi connectivity index (χ4v) is 4.86. The molecule has 0 radical (unpaired) electrons. The van der Waals surface area contributed by atoms with Gasteiger partial charge in [-0.05, 0) is 42.8 Å². The summed E-state index contributed by atoms with van der Waals surface area (Å²) >= 11 is 12.3. The van der Waals surface area contributed by atoms with E-state index in [0.717, 1.165) is 5.69 Å². The van der Waals surface area contributed by atoms with Crippen molar-refractivity contribution in [2.45, 2.75) is 6.42 Å². The molecule has 1 N–H and O–H groups in total. The first-order chi connectivity index (χ1) is 12.7. The van der Waals surface area contributed by atoms with E-state index in [2.05, 4.69) is 5.32 Å². The Balaban J connectivity index is 1.90. The van der Waals surface area contributed by atoms with Crippen molar-refractivity contribution >= 4 is 56.2 Å². The second kappa shape index (κ2) is 7.58. The van der Waals surface area contributed by atoms with Crippen LogP contribution in [-0.2, 0) is 10.0 Å². The van der Waals surface area contributed by atoms with Gasteiger partial charge >= 0.3 is 0 Å². The van der Waals surface area contributed by atoms with Crippen LogP contribution in [0.15, 0.2) is 36.4 Å². The molecule has 6 nitrogen and oxygen atoms in total. The van der Waals surface area contributed by atoms with E-state index in [4.69, 9.17) is 23.2 Å². The highest BCUT2D eigenvalue weighted by Crippen LogP contribution is 2.30. The predicted molar refractivity (Wildman–Crippen MR) is 111 cm³/mol. The van der Waals surface area contributed by atoms with E-state index < -0.39 is 15.9 Å². The summed E-state index contributed by atoms with van der Waals surface area (Å²) < 4.78 is 25.6. The van der Waals surface area contributed by atoms with Crippen LogP contribution in [0.2, 0.25) is 10.0 Å². The van der Waals surface area contributed by atoms with Gasteiger partial charge in [-0.1, -0.05) is 23.2 Å². The number of nitrogens with one attached hydrogen (secondary N) is 1. The van der Waals surface area contributed by atoms with Crippen molar-refractivity contribution in [2.75, 3.05) is 40.9 Å². The van der Waals surface area contributed by atoms with Gasteiger partial charge in [-0.15, -0.1) is 0 Å². The highest BCUT2D eigenvalue weighted by molar-refractivity contribution is 7.93. The van der Waals surface area contributed by atoms with E-state index in [0.29, 0.717) is 29.4 Å². The number of anilines is 3. The number of benzene rings is 2. The third kappa shape index (κ3) is 4.31. The molecule has 1 aliphatic heterocycles. The fraction of sp³-hybridized carbons (Fsp3) is 0.278. The summed E-state index contributed by atoms with van der Waals surface area (Å²) in [4.78, 5) is 14.6. The van der Waals surface area contributed by atoms with Crippen LogP contribution in [0.1, 0.15) is 16.8 Å². The number of sulfonamides is 1. The average Bonchev–Trinajstić information content (AvgIpc) is 2.94. The largest absolute Gasteiger partial charge is 0.378 e. The zero-order valence-corrected chi connectivity index (χ0v) is 17.2. The van der Waals surface area contributed by atoms with Gasteiger partial charge in [-0.3, -0.25) is 9.10 Å². The van der Waals surface area contributed by atoms with Crippen LogP contribution < -0.4 is 14.5 Å². The maximum atomic E-state index is 12.7. The number of halogens is 2. The van der Waals surface area contributed by atoms with Crippen molar-refractivity contribution in [1.29, 1.82) is 0 Å². The standard InChI is InChI=1S/C18H19Cl2N3O3S/c1-22(2)15-9-12(19)8-13(10-15)21-18(24)16-11-14(4-5-17(16)20)23-6-3-7-27(23,25)26/h4-5,8-11H,3,6-7H2,1-2H3,(H,21,24). The molecule has 0 bridgehead atoms. The van der Waals surface area contributed by atoms with Gasteiger partial charge in [0, 0.05) is 37.0 Å². The Morgan fingerprint density at radius 3 is 2.52 bits per heavy atom. The van der Waals surface area contributed by atoms with E-state index >= 15 is 0 Å². The Labute approximate surface area is 168 Å². The summed E-state index contributed by atoms with van der Waals surface area (Å²) in [7, 11) is 0.399. The Hall–Kier alpha value is -1.96. The Bertz CT molecular complexity index is 993. The minimum Gasteiger partial charge on any atom is -0.378 e. The van der Waals surface area contributed by atoms with Crippen molar-refractivity contribution < 1.29 is 13.2 Å². The van der Waals surface area contributed by atoms with E-state index in [9.17, 15) is 13.2 Å². The number of amides is 1. The number of nitrogens with zero attached hydrogens (tertiary/aromatic N) is 2. The molecule has 1 aliphatic rings. The second-order valence-electron chi connectivity index (χ2n) is 6.45. The third-order valence-corrected chi connectivity index (χ3v) is 6.66. The summed E-state index contributed by atoms with van der Waals surface area (Å²) in [6, 6.07) is 9.83. The minimum absolute atomic E-state index is 0.104. The highest BCUT2D eigenvalue weighted by Gasteiger charge is 2.29. The highest BCUT2D eigenvalue weighted by atomic mass is 35.5. The van der Waals surface area contributed by atoms with Crippen molar-refractivity contribution in [3.05, 3.63) is 52.0 Å². The first kappa shape index (κ1) is 19.8. The second-order valence-corrected chi connectivity index (χ2v) is 9.31. The Morgan fingerprint density at radius 2 is 1.89 bits per heavy atom.